The molecule has 3 heteroatoms. The first-order valence-electron chi connectivity index (χ1n) is 6.31. The van der Waals surface area contributed by atoms with Crippen LogP contribution in [0.2, 0.25) is 0 Å². The van der Waals surface area contributed by atoms with Crippen molar-refractivity contribution in [2.75, 3.05) is 0 Å². The fourth-order valence-electron chi connectivity index (χ4n) is 2.47. The maximum atomic E-state index is 4.17. The number of aromatic nitrogens is 3. The van der Waals surface area contributed by atoms with Crippen LogP contribution in [0, 0.1) is 0 Å². The summed E-state index contributed by atoms with van der Waals surface area (Å²) in [5.41, 5.74) is 3.97. The Morgan fingerprint density at radius 3 is 2.83 bits per heavy atom. The standard InChI is InChI=1S/C15H17N3/c1-3-12-5-4-6-13-7-8-18(15(12)13)10-14-9-16-11-17(14)2/h4-9,11H,3,10H2,1-2H3. The maximum Gasteiger partial charge on any atom is 0.0946 e. The van der Waals surface area contributed by atoms with E-state index in [4.69, 9.17) is 0 Å². The number of benzene rings is 1. The van der Waals surface area contributed by atoms with Gasteiger partial charge in [-0.15, -0.1) is 0 Å². The Balaban J connectivity index is 2.10. The van der Waals surface area contributed by atoms with Gasteiger partial charge < -0.3 is 9.13 Å². The molecule has 2 heterocycles. The van der Waals surface area contributed by atoms with Crippen molar-refractivity contribution in [3.05, 3.63) is 54.2 Å². The van der Waals surface area contributed by atoms with E-state index in [1.54, 1.807) is 0 Å². The number of para-hydroxylation sites is 1. The Morgan fingerprint density at radius 2 is 2.11 bits per heavy atom. The third kappa shape index (κ3) is 1.72. The molecule has 0 atom stereocenters. The van der Waals surface area contributed by atoms with Gasteiger partial charge in [0.25, 0.3) is 0 Å². The molecule has 0 bridgehead atoms. The van der Waals surface area contributed by atoms with Crippen LogP contribution in [-0.2, 0) is 20.0 Å². The molecule has 2 aromatic heterocycles. The monoisotopic (exact) mass is 239 g/mol. The molecule has 0 unspecified atom stereocenters. The summed E-state index contributed by atoms with van der Waals surface area (Å²) in [5.74, 6) is 0. The van der Waals surface area contributed by atoms with Gasteiger partial charge in [-0.1, -0.05) is 25.1 Å². The van der Waals surface area contributed by atoms with Gasteiger partial charge in [0, 0.05) is 19.4 Å². The predicted octanol–water partition coefficient (Wildman–Crippen LogP) is 2.99. The zero-order chi connectivity index (χ0) is 12.5. The van der Waals surface area contributed by atoms with Crippen molar-refractivity contribution in [2.24, 2.45) is 7.05 Å². The molecule has 3 rings (SSSR count). The van der Waals surface area contributed by atoms with Crippen molar-refractivity contribution in [1.82, 2.24) is 14.1 Å². The highest BCUT2D eigenvalue weighted by atomic mass is 15.1. The van der Waals surface area contributed by atoms with Crippen LogP contribution in [0.5, 0.6) is 0 Å². The average Bonchev–Trinajstić information content (AvgIpc) is 2.97. The summed E-state index contributed by atoms with van der Waals surface area (Å²) in [6, 6.07) is 8.71. The van der Waals surface area contributed by atoms with E-state index in [2.05, 4.69) is 51.5 Å². The van der Waals surface area contributed by atoms with Gasteiger partial charge in [-0.3, -0.25) is 0 Å². The number of rotatable bonds is 3. The summed E-state index contributed by atoms with van der Waals surface area (Å²) < 4.78 is 4.38. The van der Waals surface area contributed by atoms with E-state index in [9.17, 15) is 0 Å². The van der Waals surface area contributed by atoms with Crippen molar-refractivity contribution < 1.29 is 0 Å². The molecular weight excluding hydrogens is 222 g/mol. The Morgan fingerprint density at radius 1 is 1.22 bits per heavy atom. The normalized spacial score (nSPS) is 11.2. The highest BCUT2D eigenvalue weighted by Crippen LogP contribution is 2.21. The quantitative estimate of drug-likeness (QED) is 0.689. The third-order valence-corrected chi connectivity index (χ3v) is 3.50. The largest absolute Gasteiger partial charge is 0.341 e. The Hall–Kier alpha value is -2.03. The SMILES string of the molecule is CCc1cccc2ccn(Cc3cncn3C)c12. The second-order valence-electron chi connectivity index (χ2n) is 4.65. The number of aryl methyl sites for hydroxylation is 2. The van der Waals surface area contributed by atoms with E-state index in [1.807, 2.05) is 19.6 Å². The summed E-state index contributed by atoms with van der Waals surface area (Å²) in [4.78, 5) is 4.17. The Kier molecular flexibility index (Phi) is 2.67. The van der Waals surface area contributed by atoms with E-state index >= 15 is 0 Å². The van der Waals surface area contributed by atoms with Crippen LogP contribution >= 0.6 is 0 Å². The molecule has 0 N–H and O–H groups in total. The number of imidazole rings is 1. The molecule has 3 nitrogen and oxygen atoms in total. The van der Waals surface area contributed by atoms with E-state index in [0.717, 1.165) is 13.0 Å². The van der Waals surface area contributed by atoms with Gasteiger partial charge in [-0.05, 0) is 23.4 Å². The molecule has 92 valence electrons. The van der Waals surface area contributed by atoms with Crippen LogP contribution in [0.15, 0.2) is 43.0 Å². The van der Waals surface area contributed by atoms with Crippen LogP contribution in [0.4, 0.5) is 0 Å². The fraction of sp³-hybridized carbons (Fsp3) is 0.267. The first-order valence-corrected chi connectivity index (χ1v) is 6.31. The van der Waals surface area contributed by atoms with Gasteiger partial charge in [0.1, 0.15) is 0 Å². The highest BCUT2D eigenvalue weighted by molar-refractivity contribution is 5.83. The lowest BCUT2D eigenvalue weighted by atomic mass is 10.1. The number of hydrogen-bond acceptors (Lipinski definition) is 1. The van der Waals surface area contributed by atoms with Crippen LogP contribution in [0.3, 0.4) is 0 Å². The van der Waals surface area contributed by atoms with Gasteiger partial charge in [0.05, 0.1) is 24.1 Å². The van der Waals surface area contributed by atoms with Gasteiger partial charge >= 0.3 is 0 Å². The minimum Gasteiger partial charge on any atom is -0.341 e. The van der Waals surface area contributed by atoms with Crippen LogP contribution in [0.1, 0.15) is 18.2 Å². The van der Waals surface area contributed by atoms with Crippen molar-refractivity contribution >= 4 is 10.9 Å². The average molecular weight is 239 g/mol. The molecule has 0 radical (unpaired) electrons. The van der Waals surface area contributed by atoms with Gasteiger partial charge in [0.2, 0.25) is 0 Å². The second-order valence-corrected chi connectivity index (χ2v) is 4.65. The number of nitrogens with zero attached hydrogens (tertiary/aromatic N) is 3. The van der Waals surface area contributed by atoms with Gasteiger partial charge in [-0.25, -0.2) is 4.98 Å². The zero-order valence-corrected chi connectivity index (χ0v) is 10.8. The molecule has 0 aliphatic heterocycles. The highest BCUT2D eigenvalue weighted by Gasteiger charge is 2.07. The molecular formula is C15H17N3. The summed E-state index contributed by atoms with van der Waals surface area (Å²) in [5, 5.41) is 1.32. The summed E-state index contributed by atoms with van der Waals surface area (Å²) >= 11 is 0. The minimum absolute atomic E-state index is 0.872. The first kappa shape index (κ1) is 11.1. The molecule has 18 heavy (non-hydrogen) atoms. The molecule has 0 fully saturated rings. The van der Waals surface area contributed by atoms with Gasteiger partial charge in [0.15, 0.2) is 0 Å². The Bertz CT molecular complexity index is 676. The van der Waals surface area contributed by atoms with Gasteiger partial charge in [-0.2, -0.15) is 0 Å². The molecule has 0 amide bonds. The first-order chi connectivity index (χ1) is 8.79. The molecule has 0 saturated carbocycles. The lowest BCUT2D eigenvalue weighted by Gasteiger charge is -2.09. The van der Waals surface area contributed by atoms with E-state index in [1.165, 1.54) is 22.2 Å². The number of fused-ring (bicyclic) bond motifs is 1. The van der Waals surface area contributed by atoms with Crippen LogP contribution < -0.4 is 0 Å². The minimum atomic E-state index is 0.872. The molecule has 0 spiro atoms. The van der Waals surface area contributed by atoms with Crippen LogP contribution in [-0.4, -0.2) is 14.1 Å². The fourth-order valence-corrected chi connectivity index (χ4v) is 2.47. The summed E-state index contributed by atoms with van der Waals surface area (Å²) in [7, 11) is 2.04. The zero-order valence-electron chi connectivity index (χ0n) is 10.8. The third-order valence-electron chi connectivity index (χ3n) is 3.50. The smallest absolute Gasteiger partial charge is 0.0946 e. The molecule has 0 saturated heterocycles. The number of hydrogen-bond donors (Lipinski definition) is 0. The topological polar surface area (TPSA) is 22.8 Å². The van der Waals surface area contributed by atoms with Crippen molar-refractivity contribution in [1.29, 1.82) is 0 Å². The summed E-state index contributed by atoms with van der Waals surface area (Å²) in [6.45, 7) is 3.08. The van der Waals surface area contributed by atoms with E-state index < -0.39 is 0 Å². The Labute approximate surface area is 107 Å². The lowest BCUT2D eigenvalue weighted by molar-refractivity contribution is 0.741. The predicted molar refractivity (Wildman–Crippen MR) is 73.6 cm³/mol. The molecule has 0 aliphatic carbocycles. The van der Waals surface area contributed by atoms with Crippen molar-refractivity contribution in [2.45, 2.75) is 19.9 Å². The second kappa shape index (κ2) is 4.33. The van der Waals surface area contributed by atoms with Crippen molar-refractivity contribution in [3.63, 3.8) is 0 Å². The molecule has 0 aliphatic rings. The van der Waals surface area contributed by atoms with Crippen LogP contribution in [0.25, 0.3) is 10.9 Å². The molecule has 3 aromatic rings. The lowest BCUT2D eigenvalue weighted by Crippen LogP contribution is -2.04. The van der Waals surface area contributed by atoms with E-state index in [0.29, 0.717) is 0 Å². The van der Waals surface area contributed by atoms with E-state index in [-0.39, 0.29) is 0 Å². The molecule has 1 aromatic carbocycles. The summed E-state index contributed by atoms with van der Waals surface area (Å²) in [6.07, 6.45) is 7.01. The maximum absolute atomic E-state index is 4.17. The van der Waals surface area contributed by atoms with Crippen molar-refractivity contribution in [3.8, 4) is 0 Å².